The van der Waals surface area contributed by atoms with Crippen LogP contribution in [0.4, 0.5) is 0 Å². The molecule has 0 aliphatic carbocycles. The summed E-state index contributed by atoms with van der Waals surface area (Å²) >= 11 is 0. The van der Waals surface area contributed by atoms with Crippen LogP contribution >= 0.6 is 24.0 Å². The van der Waals surface area contributed by atoms with Gasteiger partial charge in [-0.1, -0.05) is 44.2 Å². The minimum Gasteiger partial charge on any atom is -0.356 e. The second-order valence-corrected chi connectivity index (χ2v) is 8.06. The van der Waals surface area contributed by atoms with E-state index >= 15 is 0 Å². The molecule has 0 saturated carbocycles. The Labute approximate surface area is 182 Å². The van der Waals surface area contributed by atoms with Crippen molar-refractivity contribution in [2.45, 2.75) is 39.0 Å². The molecule has 4 nitrogen and oxygen atoms in total. The highest BCUT2D eigenvalue weighted by Crippen LogP contribution is 2.32. The molecule has 0 aromatic heterocycles. The summed E-state index contributed by atoms with van der Waals surface area (Å²) in [5, 5.41) is 3.68. The lowest BCUT2D eigenvalue weighted by Crippen LogP contribution is -2.50. The van der Waals surface area contributed by atoms with Gasteiger partial charge >= 0.3 is 0 Å². The van der Waals surface area contributed by atoms with Crippen LogP contribution in [0.2, 0.25) is 0 Å². The number of halogens is 1. The average Bonchev–Trinajstić information content (AvgIpc) is 2.69. The minimum atomic E-state index is 0. The molecule has 1 aromatic rings. The van der Waals surface area contributed by atoms with Crippen molar-refractivity contribution in [1.29, 1.82) is 0 Å². The number of hydrogen-bond acceptors (Lipinski definition) is 2. The molecule has 1 aromatic carbocycles. The van der Waals surface area contributed by atoms with Crippen LogP contribution < -0.4 is 5.32 Å². The summed E-state index contributed by atoms with van der Waals surface area (Å²) in [7, 11) is 1.93. The number of hydrogen-bond donors (Lipinski definition) is 1. The van der Waals surface area contributed by atoms with Gasteiger partial charge in [-0.15, -0.1) is 24.0 Å². The Bertz CT molecular complexity index is 577. The van der Waals surface area contributed by atoms with Crippen LogP contribution in [-0.2, 0) is 0 Å². The SMILES string of the molecule is CCN1CCCC(CNC(=NC)N2CCC(c3ccccc3)C(C)C2)C1.I. The van der Waals surface area contributed by atoms with Gasteiger partial charge in [0.05, 0.1) is 0 Å². The Balaban J connectivity index is 0.00000261. The summed E-state index contributed by atoms with van der Waals surface area (Å²) in [6, 6.07) is 11.0. The Morgan fingerprint density at radius 3 is 2.59 bits per heavy atom. The average molecular weight is 484 g/mol. The van der Waals surface area contributed by atoms with Gasteiger partial charge in [0, 0.05) is 33.2 Å². The second kappa shape index (κ2) is 11.2. The predicted molar refractivity (Wildman–Crippen MR) is 126 cm³/mol. The fourth-order valence-electron chi connectivity index (χ4n) is 4.71. The molecule has 27 heavy (non-hydrogen) atoms. The first-order valence-corrected chi connectivity index (χ1v) is 10.4. The zero-order valence-electron chi connectivity index (χ0n) is 17.2. The van der Waals surface area contributed by atoms with Gasteiger partial charge in [0.15, 0.2) is 5.96 Å². The molecule has 0 bridgehead atoms. The van der Waals surface area contributed by atoms with E-state index in [1.54, 1.807) is 0 Å². The molecule has 3 atom stereocenters. The van der Waals surface area contributed by atoms with E-state index in [0.717, 1.165) is 31.5 Å². The highest BCUT2D eigenvalue weighted by molar-refractivity contribution is 14.0. The minimum absolute atomic E-state index is 0. The van der Waals surface area contributed by atoms with E-state index in [9.17, 15) is 0 Å². The molecule has 3 unspecified atom stereocenters. The van der Waals surface area contributed by atoms with E-state index in [2.05, 4.69) is 64.3 Å². The standard InChI is InChI=1S/C22H36N4.HI/c1-4-25-13-8-9-19(17-25)15-24-22(23-3)26-14-12-21(18(2)16-26)20-10-6-5-7-11-20;/h5-7,10-11,18-19,21H,4,8-9,12-17H2,1-3H3,(H,23,24);1H. The number of nitrogens with one attached hydrogen (secondary N) is 1. The molecule has 3 rings (SSSR count). The van der Waals surface area contributed by atoms with Crippen LogP contribution in [0, 0.1) is 11.8 Å². The number of likely N-dealkylation sites (tertiary alicyclic amines) is 2. The van der Waals surface area contributed by atoms with Gasteiger partial charge in [0.1, 0.15) is 0 Å². The fourth-order valence-corrected chi connectivity index (χ4v) is 4.71. The number of benzene rings is 1. The molecule has 1 N–H and O–H groups in total. The van der Waals surface area contributed by atoms with E-state index < -0.39 is 0 Å². The van der Waals surface area contributed by atoms with Crippen LogP contribution in [0.3, 0.4) is 0 Å². The highest BCUT2D eigenvalue weighted by Gasteiger charge is 2.29. The lowest BCUT2D eigenvalue weighted by atomic mass is 9.82. The topological polar surface area (TPSA) is 30.9 Å². The summed E-state index contributed by atoms with van der Waals surface area (Å²) in [5.74, 6) is 3.16. The van der Waals surface area contributed by atoms with Crippen molar-refractivity contribution in [2.24, 2.45) is 16.8 Å². The lowest BCUT2D eigenvalue weighted by molar-refractivity contribution is 0.181. The number of guanidine groups is 1. The fraction of sp³-hybridized carbons (Fsp3) is 0.682. The van der Waals surface area contributed by atoms with Gasteiger partial charge in [-0.05, 0) is 55.7 Å². The molecule has 2 saturated heterocycles. The van der Waals surface area contributed by atoms with E-state index in [-0.39, 0.29) is 24.0 Å². The quantitative estimate of drug-likeness (QED) is 0.398. The third-order valence-electron chi connectivity index (χ3n) is 6.24. The smallest absolute Gasteiger partial charge is 0.193 e. The number of rotatable bonds is 4. The van der Waals surface area contributed by atoms with Crippen molar-refractivity contribution in [3.63, 3.8) is 0 Å². The first kappa shape index (κ1) is 22.5. The Morgan fingerprint density at radius 2 is 1.93 bits per heavy atom. The first-order valence-electron chi connectivity index (χ1n) is 10.4. The lowest BCUT2D eigenvalue weighted by Gasteiger charge is -2.39. The Morgan fingerprint density at radius 1 is 1.15 bits per heavy atom. The van der Waals surface area contributed by atoms with Crippen molar-refractivity contribution in [1.82, 2.24) is 15.1 Å². The van der Waals surface area contributed by atoms with Gasteiger partial charge in [0.25, 0.3) is 0 Å². The van der Waals surface area contributed by atoms with E-state index in [1.165, 1.54) is 44.5 Å². The largest absolute Gasteiger partial charge is 0.356 e. The molecule has 152 valence electrons. The van der Waals surface area contributed by atoms with Crippen LogP contribution in [0.1, 0.15) is 44.6 Å². The molecular formula is C22H37IN4. The van der Waals surface area contributed by atoms with Crippen molar-refractivity contribution in [2.75, 3.05) is 46.3 Å². The summed E-state index contributed by atoms with van der Waals surface area (Å²) in [5.41, 5.74) is 1.49. The second-order valence-electron chi connectivity index (χ2n) is 8.06. The summed E-state index contributed by atoms with van der Waals surface area (Å²) in [6.07, 6.45) is 3.88. The molecular weight excluding hydrogens is 447 g/mol. The molecule has 2 aliphatic heterocycles. The van der Waals surface area contributed by atoms with Crippen molar-refractivity contribution < 1.29 is 0 Å². The normalized spacial score (nSPS) is 27.1. The third-order valence-corrected chi connectivity index (χ3v) is 6.24. The number of aliphatic imine (C=N–C) groups is 1. The maximum atomic E-state index is 4.59. The Hall–Kier alpha value is -0.820. The van der Waals surface area contributed by atoms with Crippen LogP contribution in [0.25, 0.3) is 0 Å². The van der Waals surface area contributed by atoms with Crippen molar-refractivity contribution in [3.8, 4) is 0 Å². The van der Waals surface area contributed by atoms with Gasteiger partial charge in [-0.2, -0.15) is 0 Å². The molecule has 0 radical (unpaired) electrons. The third kappa shape index (κ3) is 6.08. The first-order chi connectivity index (χ1) is 12.7. The molecule has 2 aliphatic rings. The predicted octanol–water partition coefficient (Wildman–Crippen LogP) is 4.04. The van der Waals surface area contributed by atoms with Crippen molar-refractivity contribution in [3.05, 3.63) is 35.9 Å². The van der Waals surface area contributed by atoms with E-state index in [4.69, 9.17) is 0 Å². The molecule has 2 fully saturated rings. The Kier molecular flexibility index (Phi) is 9.36. The maximum Gasteiger partial charge on any atom is 0.193 e. The molecule has 2 heterocycles. The van der Waals surface area contributed by atoms with Crippen LogP contribution in [0.15, 0.2) is 35.3 Å². The molecule has 0 amide bonds. The van der Waals surface area contributed by atoms with Gasteiger partial charge < -0.3 is 15.1 Å². The highest BCUT2D eigenvalue weighted by atomic mass is 127. The maximum absolute atomic E-state index is 4.59. The van der Waals surface area contributed by atoms with Crippen molar-refractivity contribution >= 4 is 29.9 Å². The molecule has 5 heteroatoms. The van der Waals surface area contributed by atoms with Gasteiger partial charge in [0.2, 0.25) is 0 Å². The summed E-state index contributed by atoms with van der Waals surface area (Å²) in [4.78, 5) is 9.62. The van der Waals surface area contributed by atoms with E-state index in [0.29, 0.717) is 11.8 Å². The number of nitrogens with zero attached hydrogens (tertiary/aromatic N) is 3. The zero-order valence-corrected chi connectivity index (χ0v) is 19.6. The number of piperidine rings is 2. The summed E-state index contributed by atoms with van der Waals surface area (Å²) in [6.45, 7) is 11.6. The monoisotopic (exact) mass is 484 g/mol. The van der Waals surface area contributed by atoms with Gasteiger partial charge in [-0.3, -0.25) is 4.99 Å². The van der Waals surface area contributed by atoms with E-state index in [1.807, 2.05) is 7.05 Å². The van der Waals surface area contributed by atoms with Crippen LogP contribution in [0.5, 0.6) is 0 Å². The zero-order chi connectivity index (χ0) is 18.4. The summed E-state index contributed by atoms with van der Waals surface area (Å²) < 4.78 is 0. The molecule has 0 spiro atoms. The van der Waals surface area contributed by atoms with Gasteiger partial charge in [-0.25, -0.2) is 0 Å². The van der Waals surface area contributed by atoms with Crippen LogP contribution in [-0.4, -0.2) is 62.1 Å².